The first-order chi connectivity index (χ1) is 13.0. The van der Waals surface area contributed by atoms with E-state index in [0.29, 0.717) is 25.9 Å². The molecule has 0 aliphatic heterocycles. The fourth-order valence-electron chi connectivity index (χ4n) is 3.21. The van der Waals surface area contributed by atoms with Crippen LogP contribution in [-0.4, -0.2) is 29.3 Å². The minimum Gasteiger partial charge on any atom is -0.355 e. The van der Waals surface area contributed by atoms with Crippen molar-refractivity contribution in [2.24, 2.45) is 0 Å². The molecule has 4 nitrogen and oxygen atoms in total. The third-order valence-electron chi connectivity index (χ3n) is 4.52. The molecule has 0 saturated heterocycles. The van der Waals surface area contributed by atoms with Crippen LogP contribution in [0.2, 0.25) is 0 Å². The molecule has 0 aromatic heterocycles. The molecule has 0 unspecified atom stereocenters. The summed E-state index contributed by atoms with van der Waals surface area (Å²) >= 11 is 0. The molecular weight excluding hydrogens is 336 g/mol. The van der Waals surface area contributed by atoms with Crippen molar-refractivity contribution < 1.29 is 9.59 Å². The van der Waals surface area contributed by atoms with Crippen molar-refractivity contribution in [2.45, 2.75) is 52.6 Å². The second kappa shape index (κ2) is 10.5. The topological polar surface area (TPSA) is 49.4 Å². The van der Waals surface area contributed by atoms with Gasteiger partial charge in [-0.1, -0.05) is 67.1 Å². The van der Waals surface area contributed by atoms with Gasteiger partial charge in [-0.05, 0) is 31.4 Å². The molecule has 0 fully saturated rings. The molecule has 0 saturated carbocycles. The van der Waals surface area contributed by atoms with Gasteiger partial charge in [0, 0.05) is 25.9 Å². The van der Waals surface area contributed by atoms with Gasteiger partial charge in [0.15, 0.2) is 0 Å². The predicted molar refractivity (Wildman–Crippen MR) is 109 cm³/mol. The Labute approximate surface area is 162 Å². The van der Waals surface area contributed by atoms with Crippen LogP contribution in [0.3, 0.4) is 0 Å². The molecule has 144 valence electrons. The fraction of sp³-hybridized carbons (Fsp3) is 0.391. The molecular formula is C23H30N2O2. The second-order valence-corrected chi connectivity index (χ2v) is 6.86. The normalized spacial score (nSPS) is 11.7. The van der Waals surface area contributed by atoms with Gasteiger partial charge in [-0.15, -0.1) is 0 Å². The molecule has 0 aliphatic rings. The van der Waals surface area contributed by atoms with E-state index in [0.717, 1.165) is 23.1 Å². The third-order valence-corrected chi connectivity index (χ3v) is 4.52. The van der Waals surface area contributed by atoms with Gasteiger partial charge < -0.3 is 10.2 Å². The maximum absolute atomic E-state index is 12.9. The molecule has 0 aliphatic carbocycles. The van der Waals surface area contributed by atoms with E-state index >= 15 is 0 Å². The maximum Gasteiger partial charge on any atom is 0.243 e. The highest BCUT2D eigenvalue weighted by Gasteiger charge is 2.29. The molecule has 2 amide bonds. The van der Waals surface area contributed by atoms with Crippen molar-refractivity contribution in [1.82, 2.24) is 10.2 Å². The Kier molecular flexibility index (Phi) is 8.05. The van der Waals surface area contributed by atoms with Crippen LogP contribution < -0.4 is 5.32 Å². The van der Waals surface area contributed by atoms with Crippen molar-refractivity contribution in [3.05, 3.63) is 71.3 Å². The largest absolute Gasteiger partial charge is 0.355 e. The lowest BCUT2D eigenvalue weighted by Crippen LogP contribution is -2.50. The van der Waals surface area contributed by atoms with Gasteiger partial charge in [-0.2, -0.15) is 0 Å². The summed E-state index contributed by atoms with van der Waals surface area (Å²) in [7, 11) is 0. The number of hydrogen-bond acceptors (Lipinski definition) is 2. The highest BCUT2D eigenvalue weighted by molar-refractivity contribution is 5.88. The van der Waals surface area contributed by atoms with Gasteiger partial charge >= 0.3 is 0 Å². The number of nitrogens with one attached hydrogen (secondary N) is 1. The van der Waals surface area contributed by atoms with Crippen LogP contribution in [0.25, 0.3) is 0 Å². The van der Waals surface area contributed by atoms with Crippen LogP contribution in [0.15, 0.2) is 54.6 Å². The zero-order valence-electron chi connectivity index (χ0n) is 16.6. The average molecular weight is 367 g/mol. The minimum atomic E-state index is -0.521. The monoisotopic (exact) mass is 366 g/mol. The molecule has 1 atom stereocenters. The van der Waals surface area contributed by atoms with E-state index < -0.39 is 6.04 Å². The number of hydrogen-bond donors (Lipinski definition) is 1. The quantitative estimate of drug-likeness (QED) is 0.732. The number of carbonyl (C=O) groups is 2. The number of carbonyl (C=O) groups excluding carboxylic acids is 2. The van der Waals surface area contributed by atoms with Gasteiger partial charge in [0.25, 0.3) is 0 Å². The first-order valence-electron chi connectivity index (χ1n) is 9.71. The molecule has 0 spiro atoms. The highest BCUT2D eigenvalue weighted by Crippen LogP contribution is 2.17. The molecule has 2 aromatic rings. The smallest absolute Gasteiger partial charge is 0.243 e. The van der Waals surface area contributed by atoms with Crippen molar-refractivity contribution in [3.8, 4) is 0 Å². The van der Waals surface area contributed by atoms with E-state index in [1.807, 2.05) is 69.3 Å². The minimum absolute atomic E-state index is 0.0196. The summed E-state index contributed by atoms with van der Waals surface area (Å²) in [6.07, 6.45) is 1.71. The Bertz CT molecular complexity index is 743. The highest BCUT2D eigenvalue weighted by atomic mass is 16.2. The Morgan fingerprint density at radius 1 is 1.00 bits per heavy atom. The van der Waals surface area contributed by atoms with Crippen LogP contribution in [0.5, 0.6) is 0 Å². The number of nitrogens with zero attached hydrogens (tertiary/aromatic N) is 1. The number of benzene rings is 2. The van der Waals surface area contributed by atoms with Crippen LogP contribution in [0, 0.1) is 6.92 Å². The molecule has 1 N–H and O–H groups in total. The van der Waals surface area contributed by atoms with E-state index in [9.17, 15) is 9.59 Å². The van der Waals surface area contributed by atoms with Gasteiger partial charge in [0.05, 0.1) is 0 Å². The Hall–Kier alpha value is -2.62. The van der Waals surface area contributed by atoms with E-state index in [2.05, 4.69) is 11.4 Å². The maximum atomic E-state index is 12.9. The molecule has 2 rings (SSSR count). The van der Waals surface area contributed by atoms with Crippen molar-refractivity contribution in [1.29, 1.82) is 0 Å². The number of aryl methyl sites for hydroxylation is 1. The fourth-order valence-corrected chi connectivity index (χ4v) is 3.21. The summed E-state index contributed by atoms with van der Waals surface area (Å²) in [5.74, 6) is -0.0790. The van der Waals surface area contributed by atoms with Crippen LogP contribution in [0.1, 0.15) is 43.4 Å². The van der Waals surface area contributed by atoms with E-state index in [1.165, 1.54) is 0 Å². The van der Waals surface area contributed by atoms with E-state index in [4.69, 9.17) is 0 Å². The number of amides is 2. The summed E-state index contributed by atoms with van der Waals surface area (Å²) in [4.78, 5) is 27.5. The van der Waals surface area contributed by atoms with Gasteiger partial charge in [0.1, 0.15) is 6.04 Å². The molecule has 0 bridgehead atoms. The van der Waals surface area contributed by atoms with Crippen LogP contribution in [-0.2, 0) is 22.6 Å². The molecule has 2 aromatic carbocycles. The summed E-state index contributed by atoms with van der Waals surface area (Å²) in [5.41, 5.74) is 3.24. The number of rotatable bonds is 9. The zero-order valence-corrected chi connectivity index (χ0v) is 16.6. The van der Waals surface area contributed by atoms with Gasteiger partial charge in [0.2, 0.25) is 11.8 Å². The van der Waals surface area contributed by atoms with Crippen molar-refractivity contribution >= 4 is 11.8 Å². The average Bonchev–Trinajstić information content (AvgIpc) is 2.66. The lowest BCUT2D eigenvalue weighted by molar-refractivity contribution is -0.141. The summed E-state index contributed by atoms with van der Waals surface area (Å²) in [5, 5.41) is 2.91. The lowest BCUT2D eigenvalue weighted by atomic mass is 10.0. The zero-order chi connectivity index (χ0) is 19.6. The Balaban J connectivity index is 2.34. The van der Waals surface area contributed by atoms with Crippen LogP contribution >= 0.6 is 0 Å². The van der Waals surface area contributed by atoms with Gasteiger partial charge in [-0.25, -0.2) is 0 Å². The van der Waals surface area contributed by atoms with E-state index in [1.54, 1.807) is 4.90 Å². The Morgan fingerprint density at radius 2 is 1.70 bits per heavy atom. The third kappa shape index (κ3) is 6.24. The first kappa shape index (κ1) is 20.7. The van der Waals surface area contributed by atoms with Gasteiger partial charge in [-0.3, -0.25) is 9.59 Å². The summed E-state index contributed by atoms with van der Waals surface area (Å²) < 4.78 is 0. The predicted octanol–water partition coefficient (Wildman–Crippen LogP) is 3.87. The summed E-state index contributed by atoms with van der Waals surface area (Å²) in [6, 6.07) is 17.5. The SMILES string of the molecule is CCCC(=O)N(Cc1cccc(C)c1)[C@@H](Cc1ccccc1)C(=O)NCC. The molecule has 0 radical (unpaired) electrons. The van der Waals surface area contributed by atoms with E-state index in [-0.39, 0.29) is 11.8 Å². The Morgan fingerprint density at radius 3 is 2.33 bits per heavy atom. The van der Waals surface area contributed by atoms with Crippen molar-refractivity contribution in [3.63, 3.8) is 0 Å². The number of likely N-dealkylation sites (N-methyl/N-ethyl adjacent to an activating group) is 1. The second-order valence-electron chi connectivity index (χ2n) is 6.86. The molecule has 27 heavy (non-hydrogen) atoms. The summed E-state index contributed by atoms with van der Waals surface area (Å²) in [6.45, 7) is 6.91. The van der Waals surface area contributed by atoms with Crippen LogP contribution in [0.4, 0.5) is 0 Å². The standard InChI is InChI=1S/C23H30N2O2/c1-4-10-22(26)25(17-20-14-9-11-18(3)15-20)21(23(27)24-5-2)16-19-12-7-6-8-13-19/h6-9,11-15,21H,4-5,10,16-17H2,1-3H3,(H,24,27)/t21-/m0/s1. The lowest BCUT2D eigenvalue weighted by Gasteiger charge is -2.31. The first-order valence-corrected chi connectivity index (χ1v) is 9.71. The molecule has 4 heteroatoms. The molecule has 0 heterocycles. The van der Waals surface area contributed by atoms with Crippen molar-refractivity contribution in [2.75, 3.05) is 6.54 Å².